The summed E-state index contributed by atoms with van der Waals surface area (Å²) >= 11 is 0. The number of carbonyl (C=O) groups excluding carboxylic acids is 15. The fourth-order valence-electron chi connectivity index (χ4n) is 13.7. The maximum Gasteiger partial charge on any atom is 0.409 e. The second-order valence-electron chi connectivity index (χ2n) is 33.3. The van der Waals surface area contributed by atoms with Gasteiger partial charge in [0.15, 0.2) is 11.9 Å². The normalized spacial score (nSPS) is 20.9. The summed E-state index contributed by atoms with van der Waals surface area (Å²) in [4.78, 5) is 205. The number of ketones is 1. The number of nitrogens with two attached hydrogens (primary N) is 1. The molecule has 2 heterocycles. The zero-order valence-electron chi connectivity index (χ0n) is 79.0. The highest BCUT2D eigenvalue weighted by Gasteiger charge is 2.40. The fourth-order valence-corrected chi connectivity index (χ4v) is 13.7. The molecular formula is C92H144N12O27. The number of likely N-dealkylation sites (N-methyl/N-ethyl adjacent to an activating group) is 2. The van der Waals surface area contributed by atoms with Gasteiger partial charge < -0.3 is 110 Å². The van der Waals surface area contributed by atoms with Gasteiger partial charge in [0.1, 0.15) is 43.6 Å². The van der Waals surface area contributed by atoms with E-state index in [1.54, 1.807) is 109 Å². The molecule has 2 aliphatic rings. The van der Waals surface area contributed by atoms with Crippen LogP contribution in [0.1, 0.15) is 159 Å². The maximum atomic E-state index is 14.4. The Labute approximate surface area is 769 Å². The van der Waals surface area contributed by atoms with Crippen LogP contribution in [0.25, 0.3) is 0 Å². The first-order valence-corrected chi connectivity index (χ1v) is 45.1. The van der Waals surface area contributed by atoms with E-state index >= 15 is 0 Å². The van der Waals surface area contributed by atoms with Crippen molar-refractivity contribution in [3.8, 4) is 0 Å². The first-order valence-electron chi connectivity index (χ1n) is 45.1. The molecule has 2 aliphatic heterocycles. The van der Waals surface area contributed by atoms with Crippen LogP contribution >= 0.6 is 0 Å². The van der Waals surface area contributed by atoms with Gasteiger partial charge in [-0.3, -0.25) is 63.0 Å². The number of urea groups is 1. The van der Waals surface area contributed by atoms with E-state index in [-0.39, 0.29) is 138 Å². The summed E-state index contributed by atoms with van der Waals surface area (Å²) in [6, 6.07) is 8.63. The molecule has 39 heteroatoms. The van der Waals surface area contributed by atoms with Crippen molar-refractivity contribution >= 4 is 94.6 Å². The molecule has 2 aromatic rings. The van der Waals surface area contributed by atoms with Crippen LogP contribution in [0.5, 0.6) is 0 Å². The van der Waals surface area contributed by atoms with Crippen LogP contribution in [0.4, 0.5) is 15.3 Å². The third-order valence-corrected chi connectivity index (χ3v) is 21.8. The van der Waals surface area contributed by atoms with Gasteiger partial charge in [-0.2, -0.15) is 0 Å². The van der Waals surface area contributed by atoms with Crippen molar-refractivity contribution in [3.63, 3.8) is 0 Å². The lowest BCUT2D eigenvalue weighted by atomic mass is 9.89. The molecule has 131 heavy (non-hydrogen) atoms. The minimum absolute atomic E-state index is 0.0227. The number of cyclic esters (lactones) is 2. The summed E-state index contributed by atoms with van der Waals surface area (Å²) in [6.07, 6.45) is -0.328. The van der Waals surface area contributed by atoms with Gasteiger partial charge in [-0.05, 0) is 107 Å². The SMILES string of the molecule is C/C=C(\C)[C@H]1OC(=O)[C@@H](C)NC(=O)[C@H](C(C)CC)NC(=O)CN(C)C(=O)[C@@H](Cc2ccccc2)N(C)C(=O)[C@H](C)NC(=O)[C@@H](CC(C)C)OC(=O)/C(C)=C/C[C@H](OCNC(=O)OCc2ccc(NC(=O)[C@H](CCCNC(N)=O)CC(=O)[C@@H](NC(=O)CCOCCOCCOCCOCCOCCOCCOCCOCCNC(=O)CCN3C(=O)CC(C)C3=O)C(C)C)cc2)[C@@H]1C. The van der Waals surface area contributed by atoms with E-state index in [0.717, 1.165) is 9.80 Å². The number of carbonyl (C=O) groups is 15. The van der Waals surface area contributed by atoms with Gasteiger partial charge in [-0.1, -0.05) is 116 Å². The molecule has 12 atom stereocenters. The molecule has 734 valence electrons. The second-order valence-corrected chi connectivity index (χ2v) is 33.3. The van der Waals surface area contributed by atoms with E-state index in [1.165, 1.54) is 45.8 Å². The highest BCUT2D eigenvalue weighted by Crippen LogP contribution is 2.28. The molecule has 0 aliphatic carbocycles. The number of hydrogen-bond donors (Lipinski definition) is 9. The number of hydrogen-bond acceptors (Lipinski definition) is 27. The van der Waals surface area contributed by atoms with Crippen LogP contribution in [-0.2, 0) is 132 Å². The number of esters is 2. The molecule has 0 radical (unpaired) electrons. The Bertz CT molecular complexity index is 3990. The molecule has 0 spiro atoms. The summed E-state index contributed by atoms with van der Waals surface area (Å²) in [5.41, 5.74) is 7.44. The number of allylic oxidation sites excluding steroid dienone is 1. The molecule has 2 aromatic carbocycles. The lowest BCUT2D eigenvalue weighted by Crippen LogP contribution is -2.57. The highest BCUT2D eigenvalue weighted by molar-refractivity contribution is 6.04. The van der Waals surface area contributed by atoms with Crippen LogP contribution in [0.3, 0.4) is 0 Å². The van der Waals surface area contributed by atoms with Crippen LogP contribution < -0.4 is 48.3 Å². The van der Waals surface area contributed by atoms with Gasteiger partial charge in [0.05, 0.1) is 124 Å². The third kappa shape index (κ3) is 44.1. The van der Waals surface area contributed by atoms with E-state index in [1.807, 2.05) is 20.8 Å². The lowest BCUT2D eigenvalue weighted by molar-refractivity contribution is -0.156. The number of primary amides is 1. The number of nitrogens with zero attached hydrogens (tertiary/aromatic N) is 3. The predicted octanol–water partition coefficient (Wildman–Crippen LogP) is 4.67. The van der Waals surface area contributed by atoms with E-state index in [0.29, 0.717) is 121 Å². The molecule has 1 fully saturated rings. The Morgan fingerprint density at radius 3 is 1.76 bits per heavy atom. The van der Waals surface area contributed by atoms with E-state index in [9.17, 15) is 71.9 Å². The zero-order chi connectivity index (χ0) is 96.9. The Morgan fingerprint density at radius 2 is 1.21 bits per heavy atom. The molecule has 0 aromatic heterocycles. The molecule has 10 N–H and O–H groups in total. The quantitative estimate of drug-likeness (QED) is 0.0108. The number of nitrogens with one attached hydrogen (secondary N) is 8. The van der Waals surface area contributed by atoms with Gasteiger partial charge >= 0.3 is 24.1 Å². The number of likely N-dealkylation sites (tertiary alicyclic amines) is 1. The number of benzene rings is 2. The molecule has 39 nitrogen and oxygen atoms in total. The second kappa shape index (κ2) is 62.9. The van der Waals surface area contributed by atoms with Crippen molar-refractivity contribution in [2.45, 2.75) is 209 Å². The van der Waals surface area contributed by atoms with Crippen molar-refractivity contribution in [1.82, 2.24) is 51.9 Å². The largest absolute Gasteiger partial charge is 0.456 e. The Morgan fingerprint density at radius 1 is 0.641 bits per heavy atom. The number of ether oxygens (including phenoxy) is 12. The molecule has 0 saturated carbocycles. The van der Waals surface area contributed by atoms with Crippen molar-refractivity contribution in [1.29, 1.82) is 0 Å². The average Bonchev–Trinajstić information content (AvgIpc) is 1.82. The van der Waals surface area contributed by atoms with Crippen molar-refractivity contribution in [2.24, 2.45) is 41.2 Å². The van der Waals surface area contributed by atoms with Crippen LogP contribution in [0.15, 0.2) is 77.9 Å². The van der Waals surface area contributed by atoms with Crippen molar-refractivity contribution in [2.75, 3.05) is 158 Å². The zero-order valence-corrected chi connectivity index (χ0v) is 79.0. The van der Waals surface area contributed by atoms with E-state index < -0.39 is 151 Å². The summed E-state index contributed by atoms with van der Waals surface area (Å²) in [5.74, 6) is -10.4. The maximum absolute atomic E-state index is 14.4. The van der Waals surface area contributed by atoms with Crippen molar-refractivity contribution in [3.05, 3.63) is 89.0 Å². The molecule has 2 unspecified atom stereocenters. The number of anilines is 1. The standard InChI is InChI=1S/C92H144N12O27/c1-16-61(7)81-85(112)98-67(13)90(117)131-82(62(8)17-2)65(11)74(30-25-63(9)89(116)130-75(52-59(3)4)84(111)97-66(12)87(114)103(15)72(54-68-22-19-18-20-23-68)88(115)102(14)56-78(108)101-81)129-58-96-92(119)128-57-69-26-28-71(29-27-69)99-83(110)70(24-21-33-95-91(93)118)55-73(105)80(60(5)6)100-77(107)32-36-120-38-40-122-42-44-124-46-48-126-50-51-127-49-47-125-45-43-123-41-39-121-37-34-94-76(106)31-35-104-79(109)53-64(10)86(104)113/h17-20,22-23,25-29,59-61,64-67,70,72,74-75,80-82H,16,21,24,30-58H2,1-15H3,(H,94,106)(H,96,119)(H,97,111)(H,98,112)(H,99,110)(H,100,107)(H,101,108)(H3,93,95,118)/b62-17+,63-25+/t61?,64?,65-,66-,67+,70+,72+,74-,75+,80-,81-,82+/m0/s1. The summed E-state index contributed by atoms with van der Waals surface area (Å²) in [5, 5.41) is 21.5. The summed E-state index contributed by atoms with van der Waals surface area (Å²) in [6.45, 7) is 26.2. The number of Topliss-reactive ketones (excluding diaryl/α,β-unsaturated/α-hetero) is 1. The van der Waals surface area contributed by atoms with Gasteiger partial charge in [0.2, 0.25) is 53.2 Å². The highest BCUT2D eigenvalue weighted by atomic mass is 16.6. The molecular weight excluding hydrogens is 1710 g/mol. The summed E-state index contributed by atoms with van der Waals surface area (Å²) < 4.78 is 68.2. The molecule has 4 rings (SSSR count). The molecule has 13 amide bonds. The number of rotatable bonds is 53. The number of amides is 13. The smallest absolute Gasteiger partial charge is 0.409 e. The van der Waals surface area contributed by atoms with Gasteiger partial charge in [-0.25, -0.2) is 19.2 Å². The monoisotopic (exact) mass is 1850 g/mol. The average molecular weight is 1850 g/mol. The number of alkyl carbamates (subject to hydrolysis) is 1. The Hall–Kier alpha value is -10.4. The lowest BCUT2D eigenvalue weighted by Gasteiger charge is -2.33. The van der Waals surface area contributed by atoms with E-state index in [2.05, 4.69) is 42.5 Å². The van der Waals surface area contributed by atoms with E-state index in [4.69, 9.17) is 62.6 Å². The first kappa shape index (κ1) is 113. The summed E-state index contributed by atoms with van der Waals surface area (Å²) in [7, 11) is 2.80. The number of imide groups is 1. The minimum atomic E-state index is -1.39. The predicted molar refractivity (Wildman–Crippen MR) is 481 cm³/mol. The van der Waals surface area contributed by atoms with Crippen LogP contribution in [-0.4, -0.2) is 305 Å². The van der Waals surface area contributed by atoms with Crippen LogP contribution in [0, 0.1) is 35.5 Å². The van der Waals surface area contributed by atoms with Gasteiger partial charge in [-0.15, -0.1) is 0 Å². The Balaban J connectivity index is 1.26. The van der Waals surface area contributed by atoms with Crippen molar-refractivity contribution < 1.29 is 129 Å². The van der Waals surface area contributed by atoms with Crippen LogP contribution in [0.2, 0.25) is 0 Å². The fraction of sp³-hybridized carbons (Fsp3) is 0.663. The van der Waals surface area contributed by atoms with Gasteiger partial charge in [0, 0.05) is 94.8 Å². The topological polar surface area (TPSA) is 499 Å². The molecule has 1 saturated heterocycles. The van der Waals surface area contributed by atoms with Gasteiger partial charge in [0.25, 0.3) is 5.91 Å². The first-order chi connectivity index (χ1) is 62.5. The third-order valence-electron chi connectivity index (χ3n) is 21.8. The Kier molecular flexibility index (Phi) is 54.2. The molecule has 0 bridgehead atoms. The minimum Gasteiger partial charge on any atom is -0.456 e.